The maximum Gasteiger partial charge on any atom is 0.228 e. The molecule has 0 bridgehead atoms. The molecule has 1 unspecified atom stereocenters. The van der Waals surface area contributed by atoms with Crippen LogP contribution in [0.3, 0.4) is 0 Å². The Morgan fingerprint density at radius 2 is 2.35 bits per heavy atom. The summed E-state index contributed by atoms with van der Waals surface area (Å²) in [4.78, 5) is 33.0. The number of thioether (sulfide) groups is 1. The standard InChI is InChI=1S/C13H17N3O3S/c1-8-14-4-11(6-17)13(15-8)16-5-10(3-12(16)19)7-20-9(2)18/h4,10,17H,3,5-7H2,1-2H3. The van der Waals surface area contributed by atoms with Crippen molar-refractivity contribution in [3.63, 3.8) is 0 Å². The van der Waals surface area contributed by atoms with E-state index in [1.807, 2.05) is 0 Å². The van der Waals surface area contributed by atoms with Crippen molar-refractivity contribution < 1.29 is 14.7 Å². The number of aryl methyl sites for hydroxylation is 1. The first kappa shape index (κ1) is 14.9. The topological polar surface area (TPSA) is 83.4 Å². The zero-order chi connectivity index (χ0) is 14.7. The zero-order valence-electron chi connectivity index (χ0n) is 11.5. The van der Waals surface area contributed by atoms with E-state index in [0.29, 0.717) is 35.9 Å². The van der Waals surface area contributed by atoms with Gasteiger partial charge in [0.25, 0.3) is 0 Å². The second-order valence-corrected chi connectivity index (χ2v) is 6.00. The smallest absolute Gasteiger partial charge is 0.228 e. The molecule has 0 aliphatic carbocycles. The first-order valence-electron chi connectivity index (χ1n) is 6.38. The Kier molecular flexibility index (Phi) is 4.72. The summed E-state index contributed by atoms with van der Waals surface area (Å²) < 4.78 is 0. The number of aliphatic hydroxyl groups is 1. The molecule has 0 radical (unpaired) electrons. The molecule has 0 aromatic carbocycles. The second kappa shape index (κ2) is 6.32. The molecule has 0 saturated carbocycles. The van der Waals surface area contributed by atoms with E-state index in [9.17, 15) is 14.7 Å². The minimum Gasteiger partial charge on any atom is -0.391 e. The lowest BCUT2D eigenvalue weighted by Gasteiger charge is -2.18. The van der Waals surface area contributed by atoms with Gasteiger partial charge in [0.05, 0.1) is 6.61 Å². The van der Waals surface area contributed by atoms with Crippen LogP contribution in [0.1, 0.15) is 24.7 Å². The van der Waals surface area contributed by atoms with Gasteiger partial charge in [-0.2, -0.15) is 0 Å². The van der Waals surface area contributed by atoms with Gasteiger partial charge in [-0.05, 0) is 12.8 Å². The Hall–Kier alpha value is -1.47. The van der Waals surface area contributed by atoms with Gasteiger partial charge in [0.1, 0.15) is 11.6 Å². The highest BCUT2D eigenvalue weighted by atomic mass is 32.2. The van der Waals surface area contributed by atoms with E-state index >= 15 is 0 Å². The van der Waals surface area contributed by atoms with Crippen LogP contribution in [-0.2, 0) is 16.2 Å². The molecule has 1 aliphatic rings. The van der Waals surface area contributed by atoms with Gasteiger partial charge in [0.15, 0.2) is 5.12 Å². The number of amides is 1. The van der Waals surface area contributed by atoms with Crippen molar-refractivity contribution in [3.05, 3.63) is 17.6 Å². The maximum atomic E-state index is 12.1. The number of nitrogens with zero attached hydrogens (tertiary/aromatic N) is 3. The van der Waals surface area contributed by atoms with Crippen LogP contribution in [0.4, 0.5) is 5.82 Å². The Bertz CT molecular complexity index is 536. The summed E-state index contributed by atoms with van der Waals surface area (Å²) in [5.74, 6) is 1.80. The van der Waals surface area contributed by atoms with Crippen LogP contribution < -0.4 is 4.90 Å². The number of anilines is 1. The summed E-state index contributed by atoms with van der Waals surface area (Å²) in [6.07, 6.45) is 1.96. The van der Waals surface area contributed by atoms with Crippen LogP contribution in [0.15, 0.2) is 6.20 Å². The predicted octanol–water partition coefficient (Wildman–Crippen LogP) is 0.910. The van der Waals surface area contributed by atoms with Gasteiger partial charge in [0.2, 0.25) is 5.91 Å². The van der Waals surface area contributed by atoms with Gasteiger partial charge in [-0.3, -0.25) is 14.5 Å². The summed E-state index contributed by atoms with van der Waals surface area (Å²) in [6, 6.07) is 0. The van der Waals surface area contributed by atoms with E-state index in [4.69, 9.17) is 0 Å². The van der Waals surface area contributed by atoms with E-state index in [-0.39, 0.29) is 23.5 Å². The SMILES string of the molecule is CC(=O)SCC1CC(=O)N(c2nc(C)ncc2CO)C1. The number of aromatic nitrogens is 2. The fourth-order valence-electron chi connectivity index (χ4n) is 2.16. The third kappa shape index (κ3) is 3.34. The molecule has 1 aromatic heterocycles. The molecule has 1 aromatic rings. The van der Waals surface area contributed by atoms with Crippen LogP contribution in [0, 0.1) is 12.8 Å². The fraction of sp³-hybridized carbons (Fsp3) is 0.538. The summed E-state index contributed by atoms with van der Waals surface area (Å²) >= 11 is 1.24. The molecule has 2 heterocycles. The summed E-state index contributed by atoms with van der Waals surface area (Å²) in [5.41, 5.74) is 0.545. The molecule has 1 saturated heterocycles. The first-order valence-corrected chi connectivity index (χ1v) is 7.37. The third-order valence-electron chi connectivity index (χ3n) is 3.12. The van der Waals surface area contributed by atoms with Gasteiger partial charge in [-0.25, -0.2) is 9.97 Å². The molecule has 2 rings (SSSR count). The van der Waals surface area contributed by atoms with Crippen molar-refractivity contribution >= 4 is 28.6 Å². The summed E-state index contributed by atoms with van der Waals surface area (Å²) in [6.45, 7) is 3.60. The van der Waals surface area contributed by atoms with E-state index < -0.39 is 0 Å². The molecule has 0 spiro atoms. The summed E-state index contributed by atoms with van der Waals surface area (Å²) in [5, 5.41) is 9.39. The molecule has 20 heavy (non-hydrogen) atoms. The average molecular weight is 295 g/mol. The van der Waals surface area contributed by atoms with E-state index in [1.165, 1.54) is 18.7 Å². The number of rotatable bonds is 4. The molecule has 1 aliphatic heterocycles. The van der Waals surface area contributed by atoms with E-state index in [1.54, 1.807) is 18.0 Å². The van der Waals surface area contributed by atoms with Crippen molar-refractivity contribution in [1.82, 2.24) is 9.97 Å². The molecule has 1 atom stereocenters. The van der Waals surface area contributed by atoms with Gasteiger partial charge < -0.3 is 5.11 Å². The van der Waals surface area contributed by atoms with E-state index in [0.717, 1.165) is 0 Å². The molecule has 108 valence electrons. The maximum absolute atomic E-state index is 12.1. The Morgan fingerprint density at radius 3 is 3.00 bits per heavy atom. The van der Waals surface area contributed by atoms with Crippen LogP contribution in [0.2, 0.25) is 0 Å². The molecule has 7 heteroatoms. The molecule has 6 nitrogen and oxygen atoms in total. The fourth-order valence-corrected chi connectivity index (χ4v) is 2.86. The number of hydrogen-bond acceptors (Lipinski definition) is 6. The monoisotopic (exact) mass is 295 g/mol. The zero-order valence-corrected chi connectivity index (χ0v) is 12.3. The molecular formula is C13H17N3O3S. The van der Waals surface area contributed by atoms with Crippen LogP contribution in [0.5, 0.6) is 0 Å². The van der Waals surface area contributed by atoms with Crippen LogP contribution >= 0.6 is 11.8 Å². The lowest BCUT2D eigenvalue weighted by atomic mass is 10.1. The van der Waals surface area contributed by atoms with Gasteiger partial charge in [-0.1, -0.05) is 11.8 Å². The molecule has 1 amide bonds. The number of carbonyl (C=O) groups excluding carboxylic acids is 2. The van der Waals surface area contributed by atoms with Crippen molar-refractivity contribution in [2.45, 2.75) is 26.9 Å². The van der Waals surface area contributed by atoms with Crippen molar-refractivity contribution in [1.29, 1.82) is 0 Å². The number of hydrogen-bond donors (Lipinski definition) is 1. The minimum absolute atomic E-state index is 0.0213. The molecule has 1 fully saturated rings. The van der Waals surface area contributed by atoms with Crippen molar-refractivity contribution in [3.8, 4) is 0 Å². The highest BCUT2D eigenvalue weighted by Gasteiger charge is 2.32. The Labute approximate surface area is 121 Å². The van der Waals surface area contributed by atoms with Crippen LogP contribution in [0.25, 0.3) is 0 Å². The largest absolute Gasteiger partial charge is 0.391 e. The number of carbonyl (C=O) groups is 2. The Balaban J connectivity index is 2.15. The van der Waals surface area contributed by atoms with Crippen molar-refractivity contribution in [2.75, 3.05) is 17.2 Å². The lowest BCUT2D eigenvalue weighted by molar-refractivity contribution is -0.117. The quantitative estimate of drug-likeness (QED) is 0.889. The summed E-state index contributed by atoms with van der Waals surface area (Å²) in [7, 11) is 0. The highest BCUT2D eigenvalue weighted by molar-refractivity contribution is 8.13. The molecular weight excluding hydrogens is 278 g/mol. The second-order valence-electron chi connectivity index (χ2n) is 4.80. The average Bonchev–Trinajstić information content (AvgIpc) is 2.77. The van der Waals surface area contributed by atoms with Crippen LogP contribution in [-0.4, -0.2) is 38.4 Å². The number of aliphatic hydroxyl groups excluding tert-OH is 1. The lowest BCUT2D eigenvalue weighted by Crippen LogP contribution is -2.27. The van der Waals surface area contributed by atoms with E-state index in [2.05, 4.69) is 9.97 Å². The Morgan fingerprint density at radius 1 is 1.60 bits per heavy atom. The normalized spacial score (nSPS) is 18.6. The van der Waals surface area contributed by atoms with Crippen molar-refractivity contribution in [2.24, 2.45) is 5.92 Å². The predicted molar refractivity (Wildman–Crippen MR) is 76.3 cm³/mol. The van der Waals surface area contributed by atoms with Gasteiger partial charge >= 0.3 is 0 Å². The minimum atomic E-state index is -0.202. The first-order chi connectivity index (χ1) is 9.51. The van der Waals surface area contributed by atoms with Gasteiger partial charge in [-0.15, -0.1) is 0 Å². The highest BCUT2D eigenvalue weighted by Crippen LogP contribution is 2.28. The molecule has 1 N–H and O–H groups in total. The third-order valence-corrected chi connectivity index (χ3v) is 4.16. The van der Waals surface area contributed by atoms with Gasteiger partial charge in [0, 0.05) is 37.4 Å².